The molecule has 0 aliphatic rings. The fourth-order valence-electron chi connectivity index (χ4n) is 1.80. The van der Waals surface area contributed by atoms with Crippen LogP contribution < -0.4 is 5.32 Å². The Morgan fingerprint density at radius 2 is 2.32 bits per heavy atom. The van der Waals surface area contributed by atoms with Crippen LogP contribution in [0, 0.1) is 10.5 Å². The maximum atomic E-state index is 12.0. The van der Waals surface area contributed by atoms with Gasteiger partial charge in [0.2, 0.25) is 5.91 Å². The van der Waals surface area contributed by atoms with Crippen molar-refractivity contribution < 1.29 is 4.79 Å². The number of amides is 1. The maximum absolute atomic E-state index is 12.0. The summed E-state index contributed by atoms with van der Waals surface area (Å²) in [5.41, 5.74) is 1.93. The molecule has 0 aromatic carbocycles. The van der Waals surface area contributed by atoms with Crippen LogP contribution in [-0.2, 0) is 18.4 Å². The molecule has 19 heavy (non-hydrogen) atoms. The molecule has 7 heteroatoms. The normalized spacial score (nSPS) is 12.4. The van der Waals surface area contributed by atoms with E-state index in [1.165, 1.54) is 0 Å². The molecule has 0 aliphatic heterocycles. The lowest BCUT2D eigenvalue weighted by molar-refractivity contribution is -0.124. The summed E-state index contributed by atoms with van der Waals surface area (Å²) >= 11 is 2.17. The molecule has 0 saturated heterocycles. The highest BCUT2D eigenvalue weighted by molar-refractivity contribution is 14.1. The van der Waals surface area contributed by atoms with Gasteiger partial charge in [-0.05, 0) is 42.5 Å². The Hall–Kier alpha value is -1.38. The van der Waals surface area contributed by atoms with Crippen LogP contribution in [0.1, 0.15) is 24.4 Å². The fraction of sp³-hybridized carbons (Fsp3) is 0.417. The van der Waals surface area contributed by atoms with Crippen LogP contribution in [0.4, 0.5) is 0 Å². The van der Waals surface area contributed by atoms with E-state index in [1.54, 1.807) is 15.6 Å². The summed E-state index contributed by atoms with van der Waals surface area (Å²) in [5, 5.41) is 11.3. The Balaban J connectivity index is 1.96. The zero-order valence-corrected chi connectivity index (χ0v) is 13.2. The summed E-state index contributed by atoms with van der Waals surface area (Å²) in [6.07, 6.45) is 3.58. The summed E-state index contributed by atoms with van der Waals surface area (Å²) in [7, 11) is 1.87. The molecule has 1 unspecified atom stereocenters. The molecular weight excluding hydrogens is 357 g/mol. The van der Waals surface area contributed by atoms with Gasteiger partial charge in [0.05, 0.1) is 27.7 Å². The third-order valence-electron chi connectivity index (χ3n) is 2.89. The minimum atomic E-state index is -0.321. The Bertz CT molecular complexity index is 589. The van der Waals surface area contributed by atoms with Crippen molar-refractivity contribution in [1.82, 2.24) is 24.9 Å². The molecule has 1 amide bonds. The Kier molecular flexibility index (Phi) is 4.23. The van der Waals surface area contributed by atoms with Crippen molar-refractivity contribution >= 4 is 28.5 Å². The second-order valence-corrected chi connectivity index (χ2v) is 5.68. The van der Waals surface area contributed by atoms with Crippen LogP contribution in [0.2, 0.25) is 0 Å². The number of nitrogens with one attached hydrogen (secondary N) is 1. The molecule has 0 fully saturated rings. The lowest BCUT2D eigenvalue weighted by Gasteiger charge is -2.12. The molecular formula is C12H16IN5O. The first kappa shape index (κ1) is 14.0. The number of carbonyl (C=O) groups excluding carboxylic acids is 1. The molecule has 1 atom stereocenters. The number of aromatic nitrogens is 4. The maximum Gasteiger partial charge on any atom is 0.244 e. The van der Waals surface area contributed by atoms with Gasteiger partial charge in [0.15, 0.2) is 0 Å². The van der Waals surface area contributed by atoms with E-state index in [2.05, 4.69) is 38.1 Å². The summed E-state index contributed by atoms with van der Waals surface area (Å²) in [6, 6.07) is 1.64. The van der Waals surface area contributed by atoms with Gasteiger partial charge < -0.3 is 5.32 Å². The Labute approximate surface area is 125 Å². The first-order chi connectivity index (χ1) is 8.97. The van der Waals surface area contributed by atoms with Gasteiger partial charge in [-0.2, -0.15) is 10.2 Å². The third kappa shape index (κ3) is 3.34. The topological polar surface area (TPSA) is 64.7 Å². The molecule has 2 heterocycles. The van der Waals surface area contributed by atoms with Crippen LogP contribution in [0.5, 0.6) is 0 Å². The number of nitrogens with zero attached hydrogens (tertiary/aromatic N) is 4. The van der Waals surface area contributed by atoms with Crippen molar-refractivity contribution in [2.24, 2.45) is 7.05 Å². The molecule has 0 spiro atoms. The number of hydrogen-bond donors (Lipinski definition) is 1. The molecule has 2 rings (SSSR count). The first-order valence-electron chi connectivity index (χ1n) is 5.94. The monoisotopic (exact) mass is 373 g/mol. The second-order valence-electron chi connectivity index (χ2n) is 4.43. The van der Waals surface area contributed by atoms with Gasteiger partial charge in [0, 0.05) is 13.2 Å². The van der Waals surface area contributed by atoms with Crippen LogP contribution >= 0.6 is 22.6 Å². The van der Waals surface area contributed by atoms with Crippen molar-refractivity contribution in [1.29, 1.82) is 0 Å². The minimum Gasteiger partial charge on any atom is -0.349 e. The van der Waals surface area contributed by atoms with E-state index in [4.69, 9.17) is 0 Å². The lowest BCUT2D eigenvalue weighted by Crippen LogP contribution is -2.31. The Morgan fingerprint density at radius 1 is 1.58 bits per heavy atom. The van der Waals surface area contributed by atoms with Crippen LogP contribution in [0.3, 0.4) is 0 Å². The molecule has 0 bridgehead atoms. The molecule has 102 valence electrons. The smallest absolute Gasteiger partial charge is 0.244 e. The van der Waals surface area contributed by atoms with E-state index >= 15 is 0 Å². The highest BCUT2D eigenvalue weighted by Gasteiger charge is 2.15. The molecule has 0 radical (unpaired) electrons. The SMILES string of the molecule is Cc1cc(CNC(=O)C(C)n2cc(I)cn2)n(C)n1. The van der Waals surface area contributed by atoms with E-state index in [0.29, 0.717) is 6.54 Å². The van der Waals surface area contributed by atoms with E-state index < -0.39 is 0 Å². The zero-order valence-electron chi connectivity index (χ0n) is 11.1. The number of aryl methyl sites for hydroxylation is 2. The van der Waals surface area contributed by atoms with E-state index in [0.717, 1.165) is 15.0 Å². The quantitative estimate of drug-likeness (QED) is 0.825. The first-order valence-corrected chi connectivity index (χ1v) is 7.02. The number of rotatable bonds is 4. The van der Waals surface area contributed by atoms with E-state index in [9.17, 15) is 4.79 Å². The van der Waals surface area contributed by atoms with Crippen molar-refractivity contribution in [3.05, 3.63) is 33.4 Å². The zero-order chi connectivity index (χ0) is 14.0. The molecule has 0 saturated carbocycles. The van der Waals surface area contributed by atoms with Gasteiger partial charge >= 0.3 is 0 Å². The van der Waals surface area contributed by atoms with Gasteiger partial charge in [-0.3, -0.25) is 14.2 Å². The number of carbonyl (C=O) groups is 1. The van der Waals surface area contributed by atoms with Crippen LogP contribution in [0.25, 0.3) is 0 Å². The molecule has 6 nitrogen and oxygen atoms in total. The van der Waals surface area contributed by atoms with Crippen LogP contribution in [-0.4, -0.2) is 25.5 Å². The summed E-state index contributed by atoms with van der Waals surface area (Å²) in [4.78, 5) is 12.0. The van der Waals surface area contributed by atoms with Gasteiger partial charge in [-0.1, -0.05) is 0 Å². The highest BCUT2D eigenvalue weighted by Crippen LogP contribution is 2.09. The lowest BCUT2D eigenvalue weighted by atomic mass is 10.3. The van der Waals surface area contributed by atoms with E-state index in [1.807, 2.05) is 33.2 Å². The van der Waals surface area contributed by atoms with Crippen molar-refractivity contribution in [2.75, 3.05) is 0 Å². The van der Waals surface area contributed by atoms with Gasteiger partial charge in [-0.25, -0.2) is 0 Å². The predicted octanol–water partition coefficient (Wildman–Crippen LogP) is 1.41. The third-order valence-corrected chi connectivity index (χ3v) is 3.45. The predicted molar refractivity (Wildman–Crippen MR) is 79.4 cm³/mol. The average Bonchev–Trinajstić information content (AvgIpc) is 2.91. The average molecular weight is 373 g/mol. The molecule has 0 aliphatic carbocycles. The van der Waals surface area contributed by atoms with Crippen molar-refractivity contribution in [3.63, 3.8) is 0 Å². The fourth-order valence-corrected chi connectivity index (χ4v) is 2.21. The highest BCUT2D eigenvalue weighted by atomic mass is 127. The van der Waals surface area contributed by atoms with Gasteiger partial charge in [-0.15, -0.1) is 0 Å². The van der Waals surface area contributed by atoms with E-state index in [-0.39, 0.29) is 11.9 Å². The minimum absolute atomic E-state index is 0.0571. The van der Waals surface area contributed by atoms with Crippen molar-refractivity contribution in [2.45, 2.75) is 26.4 Å². The summed E-state index contributed by atoms with van der Waals surface area (Å²) in [6.45, 7) is 4.23. The van der Waals surface area contributed by atoms with Gasteiger partial charge in [0.1, 0.15) is 6.04 Å². The number of hydrogen-bond acceptors (Lipinski definition) is 3. The second kappa shape index (κ2) is 5.72. The Morgan fingerprint density at radius 3 is 2.84 bits per heavy atom. The van der Waals surface area contributed by atoms with Crippen LogP contribution in [0.15, 0.2) is 18.5 Å². The summed E-state index contributed by atoms with van der Waals surface area (Å²) in [5.74, 6) is -0.0571. The standard InChI is InChI=1S/C12H16IN5O/c1-8-4-11(17(3)16-8)6-14-12(19)9(2)18-7-10(13)5-15-18/h4-5,7,9H,6H2,1-3H3,(H,14,19). The summed E-state index contributed by atoms with van der Waals surface area (Å²) < 4.78 is 4.45. The molecule has 2 aromatic rings. The largest absolute Gasteiger partial charge is 0.349 e. The van der Waals surface area contributed by atoms with Gasteiger partial charge in [0.25, 0.3) is 0 Å². The molecule has 1 N–H and O–H groups in total. The molecule has 2 aromatic heterocycles. The number of halogens is 1. The van der Waals surface area contributed by atoms with Crippen molar-refractivity contribution in [3.8, 4) is 0 Å².